The van der Waals surface area contributed by atoms with Crippen LogP contribution in [0.15, 0.2) is 30.6 Å². The molecule has 2 aliphatic rings. The molecule has 2 aromatic heterocycles. The van der Waals surface area contributed by atoms with Crippen LogP contribution in [0.1, 0.15) is 63.5 Å². The Labute approximate surface area is 177 Å². The molecule has 30 heavy (non-hydrogen) atoms. The highest BCUT2D eigenvalue weighted by Crippen LogP contribution is 2.48. The van der Waals surface area contributed by atoms with Crippen LogP contribution in [0.3, 0.4) is 0 Å². The van der Waals surface area contributed by atoms with Gasteiger partial charge < -0.3 is 9.47 Å². The zero-order chi connectivity index (χ0) is 21.3. The monoisotopic (exact) mass is 410 g/mol. The Morgan fingerprint density at radius 3 is 2.67 bits per heavy atom. The second kappa shape index (κ2) is 8.30. The molecule has 1 saturated carbocycles. The number of pyridine rings is 1. The number of amides is 1. The Balaban J connectivity index is 1.47. The van der Waals surface area contributed by atoms with Gasteiger partial charge in [0.05, 0.1) is 11.7 Å². The first-order valence-corrected chi connectivity index (χ1v) is 10.8. The molecule has 2 atom stereocenters. The van der Waals surface area contributed by atoms with E-state index in [0.717, 1.165) is 24.1 Å². The lowest BCUT2D eigenvalue weighted by Crippen LogP contribution is -2.37. The molecule has 1 aliphatic heterocycles. The lowest BCUT2D eigenvalue weighted by molar-refractivity contribution is 0.0363. The normalized spacial score (nSPS) is 21.0. The molecule has 1 amide bonds. The number of aromatic nitrogens is 3. The smallest absolute Gasteiger partial charge is 0.415 e. The molecular formula is C23H30N4O3. The van der Waals surface area contributed by atoms with Crippen molar-refractivity contribution in [2.24, 2.45) is 5.92 Å². The van der Waals surface area contributed by atoms with E-state index < -0.39 is 0 Å². The summed E-state index contributed by atoms with van der Waals surface area (Å²) in [4.78, 5) is 27.7. The average molecular weight is 411 g/mol. The second-order valence-electron chi connectivity index (χ2n) is 8.60. The molecule has 0 unspecified atom stereocenters. The fourth-order valence-electron chi connectivity index (χ4n) is 4.03. The van der Waals surface area contributed by atoms with Crippen molar-refractivity contribution in [1.82, 2.24) is 15.0 Å². The summed E-state index contributed by atoms with van der Waals surface area (Å²) in [6, 6.07) is 5.98. The van der Waals surface area contributed by atoms with Crippen LogP contribution in [0.4, 0.5) is 10.6 Å². The molecule has 2 aromatic rings. The summed E-state index contributed by atoms with van der Waals surface area (Å²) in [6.45, 7) is 9.43. The van der Waals surface area contributed by atoms with Crippen LogP contribution in [0.5, 0.6) is 0 Å². The zero-order valence-electron chi connectivity index (χ0n) is 18.2. The molecule has 0 N–H and O–H groups in total. The molecule has 0 bridgehead atoms. The Kier molecular flexibility index (Phi) is 5.73. The van der Waals surface area contributed by atoms with Gasteiger partial charge >= 0.3 is 6.09 Å². The van der Waals surface area contributed by atoms with E-state index in [4.69, 9.17) is 9.47 Å². The second-order valence-corrected chi connectivity index (χ2v) is 8.60. The molecule has 3 heterocycles. The van der Waals surface area contributed by atoms with Gasteiger partial charge in [-0.15, -0.1) is 0 Å². The van der Waals surface area contributed by atoms with Crippen LogP contribution in [-0.4, -0.2) is 40.3 Å². The summed E-state index contributed by atoms with van der Waals surface area (Å²) in [5, 5.41) is 0. The number of hydrogen-bond donors (Lipinski definition) is 0. The minimum absolute atomic E-state index is 0.00509. The maximum atomic E-state index is 12.2. The van der Waals surface area contributed by atoms with Crippen LogP contribution in [-0.2, 0) is 21.5 Å². The number of anilines is 1. The maximum Gasteiger partial charge on any atom is 0.415 e. The SMILES string of the molecule is CCOC1(c2ccc([C@H](C)Cc3nccc(N4C(=O)OC[C@@H]4C(C)C)n3)cn2)CC1. The number of ether oxygens (including phenoxy) is 2. The number of nitrogens with zero attached hydrogens (tertiary/aromatic N) is 4. The number of cyclic esters (lactones) is 1. The lowest BCUT2D eigenvalue weighted by Gasteiger charge is -2.23. The molecule has 0 aromatic carbocycles. The van der Waals surface area contributed by atoms with Crippen molar-refractivity contribution in [3.8, 4) is 0 Å². The summed E-state index contributed by atoms with van der Waals surface area (Å²) in [5.41, 5.74) is 2.00. The van der Waals surface area contributed by atoms with Gasteiger partial charge in [0.25, 0.3) is 0 Å². The first-order chi connectivity index (χ1) is 14.4. The Morgan fingerprint density at radius 1 is 1.23 bits per heavy atom. The van der Waals surface area contributed by atoms with Crippen molar-refractivity contribution in [3.05, 3.63) is 47.7 Å². The van der Waals surface area contributed by atoms with E-state index in [1.165, 1.54) is 0 Å². The third kappa shape index (κ3) is 4.03. The van der Waals surface area contributed by atoms with Crippen LogP contribution in [0, 0.1) is 5.92 Å². The quantitative estimate of drug-likeness (QED) is 0.648. The lowest BCUT2D eigenvalue weighted by atomic mass is 9.98. The molecule has 4 rings (SSSR count). The van der Waals surface area contributed by atoms with Crippen molar-refractivity contribution in [2.75, 3.05) is 18.1 Å². The van der Waals surface area contributed by atoms with Crippen LogP contribution in [0.25, 0.3) is 0 Å². The summed E-state index contributed by atoms with van der Waals surface area (Å²) >= 11 is 0. The Morgan fingerprint density at radius 2 is 2.03 bits per heavy atom. The molecular weight excluding hydrogens is 380 g/mol. The number of rotatable bonds is 8. The van der Waals surface area contributed by atoms with Crippen molar-refractivity contribution >= 4 is 11.9 Å². The molecule has 2 fully saturated rings. The van der Waals surface area contributed by atoms with Crippen LogP contribution in [0.2, 0.25) is 0 Å². The molecule has 7 heteroatoms. The summed E-state index contributed by atoms with van der Waals surface area (Å²) in [6.07, 6.45) is 6.07. The van der Waals surface area contributed by atoms with Gasteiger partial charge in [0.15, 0.2) is 0 Å². The highest BCUT2D eigenvalue weighted by atomic mass is 16.6. The molecule has 0 spiro atoms. The highest BCUT2D eigenvalue weighted by molar-refractivity contribution is 5.89. The standard InChI is InChI=1S/C23H30N4O3/c1-5-30-23(9-10-23)19-7-6-17(13-25-19)16(4)12-20-24-11-8-21(26-20)27-18(15(2)3)14-29-22(27)28/h6-8,11,13,15-16,18H,5,9-10,12,14H2,1-4H3/t16-,18-/m1/s1. The molecule has 1 aliphatic carbocycles. The van der Waals surface area contributed by atoms with Crippen molar-refractivity contribution in [3.63, 3.8) is 0 Å². The van der Waals surface area contributed by atoms with E-state index in [0.29, 0.717) is 31.3 Å². The fraction of sp³-hybridized carbons (Fsp3) is 0.565. The minimum Gasteiger partial charge on any atom is -0.447 e. The third-order valence-corrected chi connectivity index (χ3v) is 6.05. The Bertz CT molecular complexity index is 896. The van der Waals surface area contributed by atoms with Gasteiger partial charge in [-0.1, -0.05) is 26.8 Å². The summed E-state index contributed by atoms with van der Waals surface area (Å²) < 4.78 is 11.1. The summed E-state index contributed by atoms with van der Waals surface area (Å²) in [7, 11) is 0. The molecule has 1 saturated heterocycles. The number of carbonyl (C=O) groups excluding carboxylic acids is 1. The first-order valence-electron chi connectivity index (χ1n) is 10.8. The van der Waals surface area contributed by atoms with E-state index in [9.17, 15) is 4.79 Å². The van der Waals surface area contributed by atoms with E-state index in [1.54, 1.807) is 17.2 Å². The maximum absolute atomic E-state index is 12.2. The van der Waals surface area contributed by atoms with Gasteiger partial charge in [-0.05, 0) is 49.3 Å². The van der Waals surface area contributed by atoms with Gasteiger partial charge in [-0.25, -0.2) is 14.8 Å². The van der Waals surface area contributed by atoms with Crippen LogP contribution >= 0.6 is 0 Å². The molecule has 7 nitrogen and oxygen atoms in total. The van der Waals surface area contributed by atoms with E-state index >= 15 is 0 Å². The predicted molar refractivity (Wildman–Crippen MR) is 113 cm³/mol. The molecule has 0 radical (unpaired) electrons. The average Bonchev–Trinajstić information content (AvgIpc) is 3.41. The van der Waals surface area contributed by atoms with Gasteiger partial charge in [0, 0.05) is 25.4 Å². The Hall–Kier alpha value is -2.54. The van der Waals surface area contributed by atoms with Crippen LogP contribution < -0.4 is 4.90 Å². The van der Waals surface area contributed by atoms with E-state index in [-0.39, 0.29) is 29.6 Å². The number of hydrogen-bond acceptors (Lipinski definition) is 6. The van der Waals surface area contributed by atoms with Gasteiger partial charge in [0.2, 0.25) is 0 Å². The first kappa shape index (κ1) is 20.7. The van der Waals surface area contributed by atoms with Crippen molar-refractivity contribution in [2.45, 2.75) is 64.5 Å². The van der Waals surface area contributed by atoms with Gasteiger partial charge in [-0.2, -0.15) is 0 Å². The van der Waals surface area contributed by atoms with E-state index in [2.05, 4.69) is 47.9 Å². The molecule has 160 valence electrons. The zero-order valence-corrected chi connectivity index (χ0v) is 18.2. The minimum atomic E-state index is -0.338. The topological polar surface area (TPSA) is 77.4 Å². The van der Waals surface area contributed by atoms with Crippen molar-refractivity contribution in [1.29, 1.82) is 0 Å². The fourth-order valence-corrected chi connectivity index (χ4v) is 4.03. The third-order valence-electron chi connectivity index (χ3n) is 6.05. The number of carbonyl (C=O) groups is 1. The highest BCUT2D eigenvalue weighted by Gasteiger charge is 2.46. The van der Waals surface area contributed by atoms with Crippen molar-refractivity contribution < 1.29 is 14.3 Å². The summed E-state index contributed by atoms with van der Waals surface area (Å²) in [5.74, 6) is 1.80. The van der Waals surface area contributed by atoms with E-state index in [1.807, 2.05) is 13.1 Å². The van der Waals surface area contributed by atoms with Gasteiger partial charge in [0.1, 0.15) is 23.9 Å². The van der Waals surface area contributed by atoms with Gasteiger partial charge in [-0.3, -0.25) is 9.88 Å². The predicted octanol–water partition coefficient (Wildman–Crippen LogP) is 4.22. The largest absolute Gasteiger partial charge is 0.447 e.